The third kappa shape index (κ3) is 4.37. The highest BCUT2D eigenvalue weighted by molar-refractivity contribution is 5.99. The third-order valence-corrected chi connectivity index (χ3v) is 2.83. The van der Waals surface area contributed by atoms with Gasteiger partial charge in [-0.25, -0.2) is 0 Å². The number of hydrogen-bond donors (Lipinski definition) is 4. The van der Waals surface area contributed by atoms with E-state index in [-0.39, 0.29) is 18.5 Å². The van der Waals surface area contributed by atoms with Gasteiger partial charge in [-0.3, -0.25) is 0 Å². The van der Waals surface area contributed by atoms with E-state index in [0.29, 0.717) is 24.5 Å². The van der Waals surface area contributed by atoms with Crippen molar-refractivity contribution in [2.75, 3.05) is 27.4 Å². The van der Waals surface area contributed by atoms with E-state index in [4.69, 9.17) is 25.5 Å². The number of oxime groups is 1. The first kappa shape index (κ1) is 16.2. The molecule has 1 rings (SSSR count). The van der Waals surface area contributed by atoms with Crippen molar-refractivity contribution in [3.63, 3.8) is 0 Å². The lowest BCUT2D eigenvalue weighted by Crippen LogP contribution is -2.35. The maximum Gasteiger partial charge on any atom is 0.173 e. The minimum Gasteiger partial charge on any atom is -0.496 e. The molecular weight excluding hydrogens is 262 g/mol. The topological polar surface area (TPSA) is 109 Å². The number of methoxy groups -OCH3 is 2. The molecule has 7 heteroatoms. The molecule has 1 aromatic carbocycles. The summed E-state index contributed by atoms with van der Waals surface area (Å²) in [5.41, 5.74) is 7.04. The molecule has 0 fully saturated rings. The van der Waals surface area contributed by atoms with Gasteiger partial charge in [-0.15, -0.1) is 0 Å². The average molecular weight is 283 g/mol. The van der Waals surface area contributed by atoms with E-state index in [1.807, 2.05) is 6.07 Å². The third-order valence-electron chi connectivity index (χ3n) is 2.83. The zero-order chi connectivity index (χ0) is 15.0. The number of aliphatic hydroxyl groups excluding tert-OH is 1. The average Bonchev–Trinajstić information content (AvgIpc) is 2.50. The van der Waals surface area contributed by atoms with Gasteiger partial charge in [0, 0.05) is 13.7 Å². The second-order valence-electron chi connectivity index (χ2n) is 4.24. The second kappa shape index (κ2) is 8.36. The molecule has 0 aliphatic carbocycles. The van der Waals surface area contributed by atoms with E-state index >= 15 is 0 Å². The number of ether oxygens (including phenoxy) is 2. The zero-order valence-corrected chi connectivity index (χ0v) is 11.7. The quantitative estimate of drug-likeness (QED) is 0.229. The smallest absolute Gasteiger partial charge is 0.173 e. The molecule has 0 heterocycles. The van der Waals surface area contributed by atoms with E-state index in [2.05, 4.69) is 10.5 Å². The van der Waals surface area contributed by atoms with Crippen LogP contribution in [-0.2, 0) is 11.3 Å². The van der Waals surface area contributed by atoms with Gasteiger partial charge in [0.2, 0.25) is 0 Å². The number of aliphatic hydroxyl groups is 1. The van der Waals surface area contributed by atoms with Crippen molar-refractivity contribution in [3.05, 3.63) is 29.3 Å². The van der Waals surface area contributed by atoms with Crippen LogP contribution in [0, 0.1) is 0 Å². The number of nitrogens with two attached hydrogens (primary N) is 1. The fourth-order valence-corrected chi connectivity index (χ4v) is 1.76. The highest BCUT2D eigenvalue weighted by Gasteiger charge is 2.10. The number of amidine groups is 1. The highest BCUT2D eigenvalue weighted by Crippen LogP contribution is 2.19. The summed E-state index contributed by atoms with van der Waals surface area (Å²) >= 11 is 0. The monoisotopic (exact) mass is 283 g/mol. The van der Waals surface area contributed by atoms with E-state index in [9.17, 15) is 0 Å². The minimum atomic E-state index is -0.144. The number of benzene rings is 1. The summed E-state index contributed by atoms with van der Waals surface area (Å²) in [6.07, 6.45) is 0. The zero-order valence-electron chi connectivity index (χ0n) is 11.7. The molecule has 0 radical (unpaired) electrons. The summed E-state index contributed by atoms with van der Waals surface area (Å²) in [6.45, 7) is 0.918. The molecule has 5 N–H and O–H groups in total. The van der Waals surface area contributed by atoms with Gasteiger partial charge in [0.05, 0.1) is 31.9 Å². The van der Waals surface area contributed by atoms with E-state index in [1.54, 1.807) is 19.2 Å². The van der Waals surface area contributed by atoms with Crippen LogP contribution in [0.2, 0.25) is 0 Å². The molecule has 0 spiro atoms. The Morgan fingerprint density at radius 3 is 2.75 bits per heavy atom. The lowest BCUT2D eigenvalue weighted by molar-refractivity contribution is 0.128. The molecule has 0 saturated heterocycles. The highest BCUT2D eigenvalue weighted by atomic mass is 16.5. The molecule has 7 nitrogen and oxygen atoms in total. The standard InChI is InChI=1S/C13H21N3O4/c1-19-8-10(7-17)15-6-9-3-4-12(20-2)11(5-9)13(14)16-18/h3-5,10,15,17-18H,6-8H2,1-2H3,(H2,14,16). The van der Waals surface area contributed by atoms with Gasteiger partial charge in [-0.05, 0) is 17.7 Å². The maximum atomic E-state index is 9.16. The summed E-state index contributed by atoms with van der Waals surface area (Å²) in [4.78, 5) is 0. The van der Waals surface area contributed by atoms with E-state index < -0.39 is 0 Å². The molecule has 1 unspecified atom stereocenters. The molecular formula is C13H21N3O4. The van der Waals surface area contributed by atoms with Gasteiger partial charge >= 0.3 is 0 Å². The van der Waals surface area contributed by atoms with Crippen LogP contribution in [0.3, 0.4) is 0 Å². The summed E-state index contributed by atoms with van der Waals surface area (Å²) in [5.74, 6) is 0.513. The predicted molar refractivity (Wildman–Crippen MR) is 75.1 cm³/mol. The van der Waals surface area contributed by atoms with Crippen molar-refractivity contribution in [1.82, 2.24) is 5.32 Å². The maximum absolute atomic E-state index is 9.16. The van der Waals surface area contributed by atoms with Crippen LogP contribution in [-0.4, -0.2) is 49.6 Å². The van der Waals surface area contributed by atoms with Crippen molar-refractivity contribution in [2.24, 2.45) is 10.9 Å². The Bertz CT molecular complexity index is 451. The molecule has 0 saturated carbocycles. The molecule has 20 heavy (non-hydrogen) atoms. The Hall–Kier alpha value is -1.83. The van der Waals surface area contributed by atoms with Crippen molar-refractivity contribution in [1.29, 1.82) is 0 Å². The van der Waals surface area contributed by atoms with Crippen molar-refractivity contribution in [3.8, 4) is 5.75 Å². The van der Waals surface area contributed by atoms with Crippen LogP contribution in [0.5, 0.6) is 5.75 Å². The lowest BCUT2D eigenvalue weighted by atomic mass is 10.1. The van der Waals surface area contributed by atoms with E-state index in [0.717, 1.165) is 5.56 Å². The summed E-state index contributed by atoms with van der Waals surface area (Å²) in [7, 11) is 3.09. The van der Waals surface area contributed by atoms with E-state index in [1.165, 1.54) is 7.11 Å². The van der Waals surface area contributed by atoms with Gasteiger partial charge in [0.25, 0.3) is 0 Å². The van der Waals surface area contributed by atoms with Crippen LogP contribution in [0.1, 0.15) is 11.1 Å². The van der Waals surface area contributed by atoms with Crippen LogP contribution in [0.15, 0.2) is 23.4 Å². The molecule has 0 amide bonds. The fraction of sp³-hybridized carbons (Fsp3) is 0.462. The number of nitrogens with one attached hydrogen (secondary N) is 1. The SMILES string of the molecule is COCC(CO)NCc1ccc(OC)c(/C(N)=N/O)c1. The Morgan fingerprint density at radius 2 is 2.20 bits per heavy atom. The Morgan fingerprint density at radius 1 is 1.45 bits per heavy atom. The lowest BCUT2D eigenvalue weighted by Gasteiger charge is -2.16. The fourth-order valence-electron chi connectivity index (χ4n) is 1.76. The molecule has 0 aliphatic rings. The summed E-state index contributed by atoms with van der Waals surface area (Å²) in [6, 6.07) is 5.23. The van der Waals surface area contributed by atoms with Crippen LogP contribution in [0.25, 0.3) is 0 Å². The first-order valence-corrected chi connectivity index (χ1v) is 6.14. The van der Waals surface area contributed by atoms with Gasteiger partial charge in [-0.1, -0.05) is 11.2 Å². The first-order chi connectivity index (χ1) is 9.65. The number of nitrogens with zero attached hydrogens (tertiary/aromatic N) is 1. The van der Waals surface area contributed by atoms with Gasteiger partial charge in [0.1, 0.15) is 5.75 Å². The van der Waals surface area contributed by atoms with Crippen molar-refractivity contribution >= 4 is 5.84 Å². The Balaban J connectivity index is 2.81. The normalized spacial score (nSPS) is 13.2. The predicted octanol–water partition coefficient (Wildman–Crippen LogP) is -0.113. The van der Waals surface area contributed by atoms with Crippen LogP contribution >= 0.6 is 0 Å². The molecule has 0 bridgehead atoms. The molecule has 0 aromatic heterocycles. The van der Waals surface area contributed by atoms with Crippen molar-refractivity contribution in [2.45, 2.75) is 12.6 Å². The van der Waals surface area contributed by atoms with Crippen molar-refractivity contribution < 1.29 is 19.8 Å². The van der Waals surface area contributed by atoms with Gasteiger partial charge in [0.15, 0.2) is 5.84 Å². The molecule has 112 valence electrons. The minimum absolute atomic E-state index is 0.0145. The Kier molecular flexibility index (Phi) is 6.78. The first-order valence-electron chi connectivity index (χ1n) is 6.14. The van der Waals surface area contributed by atoms with Gasteiger partial charge < -0.3 is 30.8 Å². The Labute approximate surface area is 118 Å². The summed E-state index contributed by atoms with van der Waals surface area (Å²) < 4.78 is 10.1. The second-order valence-corrected chi connectivity index (χ2v) is 4.24. The number of rotatable bonds is 8. The molecule has 0 aliphatic heterocycles. The van der Waals surface area contributed by atoms with Gasteiger partial charge in [-0.2, -0.15) is 0 Å². The van der Waals surface area contributed by atoms with Crippen LogP contribution < -0.4 is 15.8 Å². The van der Waals surface area contributed by atoms with Crippen LogP contribution in [0.4, 0.5) is 0 Å². The molecule has 1 atom stereocenters. The number of hydrogen-bond acceptors (Lipinski definition) is 6. The summed E-state index contributed by atoms with van der Waals surface area (Å²) in [5, 5.41) is 24.1. The molecule has 1 aromatic rings. The largest absolute Gasteiger partial charge is 0.496 e.